The second-order valence-corrected chi connectivity index (χ2v) is 20.1. The van der Waals surface area contributed by atoms with Gasteiger partial charge in [0.25, 0.3) is 0 Å². The molecule has 0 rings (SSSR count). The van der Waals surface area contributed by atoms with Crippen molar-refractivity contribution in [2.45, 2.75) is 97.8 Å². The van der Waals surface area contributed by atoms with Crippen LogP contribution in [0.4, 0.5) is 0 Å². The summed E-state index contributed by atoms with van der Waals surface area (Å²) < 4.78 is 13.1. The minimum absolute atomic E-state index is 0.0423. The van der Waals surface area contributed by atoms with Crippen LogP contribution in [0.3, 0.4) is 0 Å². The lowest BCUT2D eigenvalue weighted by atomic mass is 9.95. The molecule has 0 unspecified atom stereocenters. The molecule has 146 valence electrons. The molecule has 3 nitrogen and oxygen atoms in total. The van der Waals surface area contributed by atoms with Gasteiger partial charge in [0.1, 0.15) is 0 Å². The molecule has 0 aromatic carbocycles. The van der Waals surface area contributed by atoms with Crippen molar-refractivity contribution in [2.24, 2.45) is 11.8 Å². The summed E-state index contributed by atoms with van der Waals surface area (Å²) in [6, 6.07) is 0. The van der Waals surface area contributed by atoms with E-state index in [0.29, 0.717) is 6.61 Å². The van der Waals surface area contributed by atoms with Gasteiger partial charge in [-0.2, -0.15) is 0 Å². The van der Waals surface area contributed by atoms with Crippen molar-refractivity contribution in [3.63, 3.8) is 0 Å². The van der Waals surface area contributed by atoms with Crippen LogP contribution in [-0.2, 0) is 8.85 Å². The van der Waals surface area contributed by atoms with Gasteiger partial charge in [0.15, 0.2) is 16.6 Å². The molecular formula is C19H44O3Si2. The van der Waals surface area contributed by atoms with Gasteiger partial charge in [-0.1, -0.05) is 55.4 Å². The lowest BCUT2D eigenvalue weighted by Gasteiger charge is -2.43. The summed E-state index contributed by atoms with van der Waals surface area (Å²) in [5, 5.41) is 10.1. The van der Waals surface area contributed by atoms with Crippen LogP contribution in [0.15, 0.2) is 0 Å². The summed E-state index contributed by atoms with van der Waals surface area (Å²) in [6.45, 7) is 27.9. The van der Waals surface area contributed by atoms with Crippen LogP contribution in [0.2, 0.25) is 36.3 Å². The Bertz CT molecular complexity index is 381. The standard InChI is InChI=1S/C19H44O3Si2/c1-15(13-20)17(22-24(11,12)19(6,7)8)16(2)14-21-23(9,10)18(3,4)5/h15-17,20H,13-14H2,1-12H3/t15-,16-,17+/m0/s1. The molecule has 1 N–H and O–H groups in total. The van der Waals surface area contributed by atoms with Gasteiger partial charge in [-0.25, -0.2) is 0 Å². The van der Waals surface area contributed by atoms with Crippen LogP contribution in [0.5, 0.6) is 0 Å². The first-order valence-corrected chi connectivity index (χ1v) is 15.2. The highest BCUT2D eigenvalue weighted by atomic mass is 28.4. The maximum absolute atomic E-state index is 9.71. The second-order valence-electron chi connectivity index (χ2n) is 10.6. The molecular weight excluding hydrogens is 332 g/mol. The highest BCUT2D eigenvalue weighted by Crippen LogP contribution is 2.40. The summed E-state index contributed by atoms with van der Waals surface area (Å²) in [4.78, 5) is 0. The first kappa shape index (κ1) is 24.3. The molecule has 0 spiro atoms. The van der Waals surface area contributed by atoms with E-state index < -0.39 is 16.6 Å². The third-order valence-corrected chi connectivity index (χ3v) is 15.1. The number of hydrogen-bond acceptors (Lipinski definition) is 3. The predicted molar refractivity (Wildman–Crippen MR) is 111 cm³/mol. The van der Waals surface area contributed by atoms with Gasteiger partial charge in [-0.15, -0.1) is 0 Å². The van der Waals surface area contributed by atoms with Crippen molar-refractivity contribution in [1.82, 2.24) is 0 Å². The van der Waals surface area contributed by atoms with Gasteiger partial charge in [-0.3, -0.25) is 0 Å². The molecule has 0 amide bonds. The zero-order valence-electron chi connectivity index (χ0n) is 18.4. The highest BCUT2D eigenvalue weighted by molar-refractivity contribution is 6.74. The van der Waals surface area contributed by atoms with E-state index >= 15 is 0 Å². The molecule has 0 aromatic rings. The molecule has 0 aliphatic rings. The Labute approximate surface area is 153 Å². The van der Waals surface area contributed by atoms with Gasteiger partial charge in [-0.05, 0) is 36.3 Å². The average Bonchev–Trinajstić information content (AvgIpc) is 2.38. The van der Waals surface area contributed by atoms with Gasteiger partial charge in [0, 0.05) is 25.0 Å². The van der Waals surface area contributed by atoms with Crippen LogP contribution in [-0.4, -0.2) is 41.1 Å². The van der Waals surface area contributed by atoms with E-state index in [0.717, 1.165) is 0 Å². The SMILES string of the molecule is C[C@@H](CO)[C@@H](O[Si](C)(C)C(C)(C)C)[C@@H](C)CO[Si](C)(C)C(C)(C)C. The third-order valence-electron chi connectivity index (χ3n) is 6.16. The number of aliphatic hydroxyl groups excluding tert-OH is 1. The molecule has 0 aromatic heterocycles. The first-order valence-electron chi connectivity index (χ1n) is 9.39. The maximum Gasteiger partial charge on any atom is 0.192 e. The topological polar surface area (TPSA) is 38.7 Å². The Kier molecular flexibility index (Phi) is 8.45. The fourth-order valence-corrected chi connectivity index (χ4v) is 4.68. The summed E-state index contributed by atoms with van der Waals surface area (Å²) >= 11 is 0. The van der Waals surface area contributed by atoms with Gasteiger partial charge >= 0.3 is 0 Å². The van der Waals surface area contributed by atoms with Crippen LogP contribution in [0, 0.1) is 11.8 Å². The molecule has 0 saturated heterocycles. The minimum atomic E-state index is -1.88. The summed E-state index contributed by atoms with van der Waals surface area (Å²) in [5.74, 6) is 0.396. The van der Waals surface area contributed by atoms with Crippen LogP contribution < -0.4 is 0 Å². The molecule has 0 aliphatic carbocycles. The van der Waals surface area contributed by atoms with E-state index in [1.165, 1.54) is 0 Å². The van der Waals surface area contributed by atoms with Crippen molar-refractivity contribution >= 4 is 16.6 Å². The Morgan fingerprint density at radius 2 is 1.21 bits per heavy atom. The van der Waals surface area contributed by atoms with Crippen molar-refractivity contribution in [3.05, 3.63) is 0 Å². The monoisotopic (exact) mass is 376 g/mol. The quantitative estimate of drug-likeness (QED) is 0.555. The largest absolute Gasteiger partial charge is 0.416 e. The van der Waals surface area contributed by atoms with Gasteiger partial charge < -0.3 is 14.0 Å². The van der Waals surface area contributed by atoms with Crippen LogP contribution in [0.25, 0.3) is 0 Å². The molecule has 0 aliphatic heterocycles. The zero-order valence-corrected chi connectivity index (χ0v) is 20.4. The lowest BCUT2D eigenvalue weighted by Crippen LogP contribution is -2.49. The number of hydrogen-bond donors (Lipinski definition) is 1. The predicted octanol–water partition coefficient (Wildman–Crippen LogP) is 5.66. The second kappa shape index (κ2) is 8.34. The molecule has 0 bridgehead atoms. The Morgan fingerprint density at radius 3 is 1.54 bits per heavy atom. The summed E-state index contributed by atoms with van der Waals surface area (Å²) in [5.41, 5.74) is 0. The summed E-state index contributed by atoms with van der Waals surface area (Å²) in [7, 11) is -3.64. The van der Waals surface area contributed by atoms with Gasteiger partial charge in [0.2, 0.25) is 0 Å². The highest BCUT2D eigenvalue weighted by Gasteiger charge is 2.42. The van der Waals surface area contributed by atoms with E-state index in [-0.39, 0.29) is 34.6 Å². The van der Waals surface area contributed by atoms with Gasteiger partial charge in [0.05, 0.1) is 6.10 Å². The maximum atomic E-state index is 9.71. The Hall–Kier alpha value is 0.314. The van der Waals surface area contributed by atoms with Crippen LogP contribution in [0.1, 0.15) is 55.4 Å². The minimum Gasteiger partial charge on any atom is -0.416 e. The molecule has 0 fully saturated rings. The normalized spacial score (nSPS) is 18.4. The number of aliphatic hydroxyl groups is 1. The smallest absolute Gasteiger partial charge is 0.192 e. The molecule has 3 atom stereocenters. The molecule has 5 heteroatoms. The van der Waals surface area contributed by atoms with E-state index in [4.69, 9.17) is 8.85 Å². The van der Waals surface area contributed by atoms with E-state index in [1.54, 1.807) is 0 Å². The third kappa shape index (κ3) is 6.56. The van der Waals surface area contributed by atoms with Crippen molar-refractivity contribution in [3.8, 4) is 0 Å². The fourth-order valence-electron chi connectivity index (χ4n) is 2.07. The molecule has 0 radical (unpaired) electrons. The van der Waals surface area contributed by atoms with Crippen LogP contribution >= 0.6 is 0 Å². The van der Waals surface area contributed by atoms with Crippen molar-refractivity contribution in [1.29, 1.82) is 0 Å². The molecule has 0 saturated carbocycles. The fraction of sp³-hybridized carbons (Fsp3) is 1.00. The number of rotatable bonds is 8. The zero-order chi connectivity index (χ0) is 19.6. The van der Waals surface area contributed by atoms with Crippen molar-refractivity contribution < 1.29 is 14.0 Å². The Balaban J connectivity index is 5.15. The summed E-state index contributed by atoms with van der Waals surface area (Å²) in [6.07, 6.45) is 0.0423. The van der Waals surface area contributed by atoms with E-state index in [2.05, 4.69) is 81.6 Å². The average molecular weight is 377 g/mol. The van der Waals surface area contributed by atoms with E-state index in [9.17, 15) is 5.11 Å². The molecule has 24 heavy (non-hydrogen) atoms. The first-order chi connectivity index (χ1) is 10.5. The van der Waals surface area contributed by atoms with E-state index in [1.807, 2.05) is 0 Å². The lowest BCUT2D eigenvalue weighted by molar-refractivity contribution is 0.0263. The Morgan fingerprint density at radius 1 is 0.792 bits per heavy atom. The van der Waals surface area contributed by atoms with Crippen molar-refractivity contribution in [2.75, 3.05) is 13.2 Å². The molecule has 0 heterocycles.